The lowest BCUT2D eigenvalue weighted by Crippen LogP contribution is -2.24. The molecule has 0 saturated heterocycles. The molecular weight excluding hydrogens is 250 g/mol. The van der Waals surface area contributed by atoms with E-state index in [1.807, 2.05) is 37.4 Å². The third-order valence-corrected chi connectivity index (χ3v) is 2.79. The third-order valence-electron chi connectivity index (χ3n) is 2.61. The zero-order valence-corrected chi connectivity index (χ0v) is 10.8. The number of allylic oxidation sites excluding steroid dienone is 1. The van der Waals surface area contributed by atoms with Crippen molar-refractivity contribution in [2.24, 2.45) is 7.05 Å². The molecule has 2 rings (SSSR count). The van der Waals surface area contributed by atoms with E-state index in [0.29, 0.717) is 18.1 Å². The van der Waals surface area contributed by atoms with Crippen LogP contribution in [0.4, 0.5) is 0 Å². The third kappa shape index (κ3) is 2.54. The number of aryl methyl sites for hydroxylation is 1. The van der Waals surface area contributed by atoms with Crippen molar-refractivity contribution in [2.45, 2.75) is 0 Å². The number of halogens is 1. The van der Waals surface area contributed by atoms with Gasteiger partial charge in [0, 0.05) is 24.9 Å². The summed E-state index contributed by atoms with van der Waals surface area (Å²) < 4.78 is 1.71. The van der Waals surface area contributed by atoms with Crippen molar-refractivity contribution >= 4 is 28.4 Å². The van der Waals surface area contributed by atoms with Gasteiger partial charge in [-0.1, -0.05) is 30.4 Å². The summed E-state index contributed by atoms with van der Waals surface area (Å²) in [5.41, 5.74) is 1.39. The summed E-state index contributed by atoms with van der Waals surface area (Å²) in [6.45, 7) is 0.455. The molecule has 4 nitrogen and oxygen atoms in total. The quantitative estimate of drug-likeness (QED) is 0.678. The Balaban J connectivity index is 2.20. The monoisotopic (exact) mass is 263 g/mol. The average Bonchev–Trinajstić information content (AvgIpc) is 2.73. The summed E-state index contributed by atoms with van der Waals surface area (Å²) in [7, 11) is 1.83. The molecule has 1 N–H and O–H groups in total. The molecule has 0 bridgehead atoms. The number of amides is 1. The van der Waals surface area contributed by atoms with Gasteiger partial charge in [-0.2, -0.15) is 5.10 Å². The number of rotatable bonds is 4. The number of para-hydroxylation sites is 1. The van der Waals surface area contributed by atoms with Gasteiger partial charge in [0.15, 0.2) is 5.69 Å². The predicted molar refractivity (Wildman–Crippen MR) is 72.9 cm³/mol. The number of hydrogen-bond acceptors (Lipinski definition) is 2. The van der Waals surface area contributed by atoms with Crippen molar-refractivity contribution in [1.29, 1.82) is 0 Å². The molecule has 18 heavy (non-hydrogen) atoms. The number of fused-ring (bicyclic) bond motifs is 1. The Labute approximate surface area is 110 Å². The summed E-state index contributed by atoms with van der Waals surface area (Å²) in [5, 5.41) is 7.88. The molecule has 1 amide bonds. The fourth-order valence-corrected chi connectivity index (χ4v) is 1.89. The van der Waals surface area contributed by atoms with Crippen LogP contribution in [0.25, 0.3) is 10.9 Å². The molecule has 0 fully saturated rings. The van der Waals surface area contributed by atoms with Crippen molar-refractivity contribution in [3.05, 3.63) is 42.1 Å². The van der Waals surface area contributed by atoms with E-state index in [1.54, 1.807) is 10.8 Å². The van der Waals surface area contributed by atoms with Crippen LogP contribution in [-0.4, -0.2) is 28.1 Å². The lowest BCUT2D eigenvalue weighted by atomic mass is 10.2. The highest BCUT2D eigenvalue weighted by Gasteiger charge is 2.14. The lowest BCUT2D eigenvalue weighted by molar-refractivity contribution is 0.0954. The molecule has 94 valence electrons. The first-order valence-corrected chi connectivity index (χ1v) is 6.18. The number of benzene rings is 1. The highest BCUT2D eigenvalue weighted by Crippen LogP contribution is 2.16. The van der Waals surface area contributed by atoms with Gasteiger partial charge < -0.3 is 5.32 Å². The molecule has 1 aromatic heterocycles. The molecule has 0 radical (unpaired) electrons. The molecule has 0 aliphatic carbocycles. The minimum absolute atomic E-state index is 0.175. The first-order valence-electron chi connectivity index (χ1n) is 5.65. The van der Waals surface area contributed by atoms with E-state index in [2.05, 4.69) is 10.4 Å². The van der Waals surface area contributed by atoms with Crippen molar-refractivity contribution in [3.8, 4) is 0 Å². The Hall–Kier alpha value is -1.81. The van der Waals surface area contributed by atoms with Crippen LogP contribution in [-0.2, 0) is 7.05 Å². The van der Waals surface area contributed by atoms with Crippen LogP contribution in [0.15, 0.2) is 36.4 Å². The summed E-state index contributed by atoms with van der Waals surface area (Å²) in [6, 6.07) is 7.65. The molecule has 0 saturated carbocycles. The Morgan fingerprint density at radius 3 is 3.00 bits per heavy atom. The minimum Gasteiger partial charge on any atom is -0.347 e. The van der Waals surface area contributed by atoms with Crippen molar-refractivity contribution < 1.29 is 4.79 Å². The van der Waals surface area contributed by atoms with Crippen LogP contribution in [0.3, 0.4) is 0 Å². The van der Waals surface area contributed by atoms with Gasteiger partial charge in [-0.3, -0.25) is 9.48 Å². The molecule has 0 aliphatic rings. The molecule has 2 aromatic rings. The molecule has 5 heteroatoms. The summed E-state index contributed by atoms with van der Waals surface area (Å²) in [5.74, 6) is 0.272. The minimum atomic E-state index is -0.175. The topological polar surface area (TPSA) is 46.9 Å². The second-order valence-corrected chi connectivity index (χ2v) is 4.13. The molecule has 0 spiro atoms. The van der Waals surface area contributed by atoms with Gasteiger partial charge >= 0.3 is 0 Å². The second-order valence-electron chi connectivity index (χ2n) is 3.83. The maximum absolute atomic E-state index is 12.0. The normalized spacial score (nSPS) is 11.2. The zero-order chi connectivity index (χ0) is 13.0. The second kappa shape index (κ2) is 5.69. The van der Waals surface area contributed by atoms with Gasteiger partial charge in [-0.25, -0.2) is 0 Å². The van der Waals surface area contributed by atoms with Crippen LogP contribution in [0.1, 0.15) is 10.5 Å². The van der Waals surface area contributed by atoms with Gasteiger partial charge in [0.1, 0.15) is 0 Å². The van der Waals surface area contributed by atoms with Gasteiger partial charge in [0.05, 0.1) is 5.52 Å². The summed E-state index contributed by atoms with van der Waals surface area (Å²) in [6.07, 6.45) is 3.61. The van der Waals surface area contributed by atoms with Gasteiger partial charge in [-0.15, -0.1) is 11.6 Å². The van der Waals surface area contributed by atoms with Crippen LogP contribution in [0.5, 0.6) is 0 Å². The number of hydrogen-bond donors (Lipinski definition) is 1. The van der Waals surface area contributed by atoms with E-state index in [1.165, 1.54) is 0 Å². The first kappa shape index (κ1) is 12.6. The SMILES string of the molecule is Cn1nc(C(=O)NC/C=C/CCl)c2ccccc21. The van der Waals surface area contributed by atoms with Gasteiger partial charge in [-0.05, 0) is 6.07 Å². The molecule has 0 atom stereocenters. The highest BCUT2D eigenvalue weighted by molar-refractivity contribution is 6.18. The summed E-state index contributed by atoms with van der Waals surface area (Å²) >= 11 is 5.50. The number of carbonyl (C=O) groups is 1. The number of nitrogens with zero attached hydrogens (tertiary/aromatic N) is 2. The van der Waals surface area contributed by atoms with Crippen LogP contribution in [0.2, 0.25) is 0 Å². The van der Waals surface area contributed by atoms with E-state index in [4.69, 9.17) is 11.6 Å². The number of aromatic nitrogens is 2. The predicted octanol–water partition coefficient (Wildman–Crippen LogP) is 2.10. The Morgan fingerprint density at radius 2 is 2.22 bits per heavy atom. The molecule has 0 unspecified atom stereocenters. The number of nitrogens with one attached hydrogen (secondary N) is 1. The van der Waals surface area contributed by atoms with Gasteiger partial charge in [0.25, 0.3) is 5.91 Å². The summed E-state index contributed by atoms with van der Waals surface area (Å²) in [4.78, 5) is 12.0. The van der Waals surface area contributed by atoms with Crippen molar-refractivity contribution in [3.63, 3.8) is 0 Å². The van der Waals surface area contributed by atoms with Crippen molar-refractivity contribution in [1.82, 2.24) is 15.1 Å². The smallest absolute Gasteiger partial charge is 0.272 e. The van der Waals surface area contributed by atoms with Crippen LogP contribution < -0.4 is 5.32 Å². The average molecular weight is 264 g/mol. The van der Waals surface area contributed by atoms with E-state index < -0.39 is 0 Å². The molecular formula is C13H14ClN3O. The Morgan fingerprint density at radius 1 is 1.44 bits per heavy atom. The molecule has 0 aliphatic heterocycles. The zero-order valence-electron chi connectivity index (χ0n) is 10.1. The van der Waals surface area contributed by atoms with Crippen LogP contribution >= 0.6 is 11.6 Å². The Bertz CT molecular complexity index is 589. The molecule has 1 aromatic carbocycles. The maximum atomic E-state index is 12.0. The van der Waals surface area contributed by atoms with E-state index in [9.17, 15) is 4.79 Å². The highest BCUT2D eigenvalue weighted by atomic mass is 35.5. The van der Waals surface area contributed by atoms with Crippen molar-refractivity contribution in [2.75, 3.05) is 12.4 Å². The fraction of sp³-hybridized carbons (Fsp3) is 0.231. The van der Waals surface area contributed by atoms with Gasteiger partial charge in [0.2, 0.25) is 0 Å². The van der Waals surface area contributed by atoms with E-state index in [0.717, 1.165) is 10.9 Å². The molecule has 1 heterocycles. The van der Waals surface area contributed by atoms with E-state index in [-0.39, 0.29) is 5.91 Å². The standard InChI is InChI=1S/C13H14ClN3O/c1-17-11-7-3-2-6-10(11)12(16-17)13(18)15-9-5-4-8-14/h2-7H,8-9H2,1H3,(H,15,18)/b5-4+. The lowest BCUT2D eigenvalue weighted by Gasteiger charge is -1.98. The Kier molecular flexibility index (Phi) is 3.99. The number of alkyl halides is 1. The van der Waals surface area contributed by atoms with Crippen LogP contribution in [0, 0.1) is 0 Å². The number of carbonyl (C=O) groups excluding carboxylic acids is 1. The fourth-order valence-electron chi connectivity index (χ4n) is 1.76. The maximum Gasteiger partial charge on any atom is 0.272 e. The van der Waals surface area contributed by atoms with E-state index >= 15 is 0 Å². The largest absolute Gasteiger partial charge is 0.347 e. The first-order chi connectivity index (χ1) is 8.74.